The van der Waals surface area contributed by atoms with Crippen LogP contribution in [-0.2, 0) is 6.54 Å². The van der Waals surface area contributed by atoms with E-state index >= 15 is 0 Å². The lowest BCUT2D eigenvalue weighted by atomic mass is 10.1. The second-order valence-corrected chi connectivity index (χ2v) is 4.05. The molecule has 0 atom stereocenters. The van der Waals surface area contributed by atoms with Gasteiger partial charge in [-0.1, -0.05) is 0 Å². The van der Waals surface area contributed by atoms with Gasteiger partial charge in [-0.15, -0.1) is 0 Å². The van der Waals surface area contributed by atoms with Crippen LogP contribution in [0.2, 0.25) is 0 Å². The Morgan fingerprint density at radius 3 is 2.47 bits per heavy atom. The molecular formula is C13H12F2N2O2. The molecule has 0 spiro atoms. The molecule has 1 aromatic carbocycles. The molecule has 0 saturated carbocycles. The lowest BCUT2D eigenvalue weighted by Gasteiger charge is -2.05. The maximum absolute atomic E-state index is 13.2. The molecule has 0 fully saturated rings. The van der Waals surface area contributed by atoms with Crippen molar-refractivity contribution in [2.45, 2.75) is 13.5 Å². The van der Waals surface area contributed by atoms with Crippen LogP contribution in [-0.4, -0.2) is 5.91 Å². The second kappa shape index (κ2) is 5.09. The summed E-state index contributed by atoms with van der Waals surface area (Å²) in [5.74, 6) is -1.25. The van der Waals surface area contributed by atoms with E-state index in [4.69, 9.17) is 10.2 Å². The van der Waals surface area contributed by atoms with E-state index in [9.17, 15) is 13.6 Å². The molecule has 0 bridgehead atoms. The molecule has 2 rings (SSSR count). The summed E-state index contributed by atoms with van der Waals surface area (Å²) in [7, 11) is 0. The first-order valence-corrected chi connectivity index (χ1v) is 5.55. The molecule has 0 aliphatic carbocycles. The van der Waals surface area contributed by atoms with Gasteiger partial charge in [0.05, 0.1) is 6.54 Å². The van der Waals surface area contributed by atoms with Gasteiger partial charge in [0.2, 0.25) is 0 Å². The zero-order valence-corrected chi connectivity index (χ0v) is 10.2. The van der Waals surface area contributed by atoms with E-state index in [0.717, 1.165) is 12.1 Å². The van der Waals surface area contributed by atoms with Crippen LogP contribution in [0.1, 0.15) is 21.9 Å². The predicted molar refractivity (Wildman–Crippen MR) is 65.4 cm³/mol. The highest BCUT2D eigenvalue weighted by molar-refractivity contribution is 5.94. The largest absolute Gasteiger partial charge is 0.465 e. The molecule has 1 heterocycles. The zero-order valence-electron chi connectivity index (χ0n) is 10.2. The van der Waals surface area contributed by atoms with Gasteiger partial charge in [0.15, 0.2) is 0 Å². The minimum absolute atomic E-state index is 0.132. The summed E-state index contributed by atoms with van der Waals surface area (Å²) < 4.78 is 31.7. The Morgan fingerprint density at radius 2 is 1.95 bits per heavy atom. The molecule has 0 saturated heterocycles. The van der Waals surface area contributed by atoms with Crippen molar-refractivity contribution >= 4 is 11.6 Å². The van der Waals surface area contributed by atoms with Gasteiger partial charge >= 0.3 is 0 Å². The van der Waals surface area contributed by atoms with Gasteiger partial charge in [0.25, 0.3) is 5.91 Å². The first kappa shape index (κ1) is 13.1. The summed E-state index contributed by atoms with van der Waals surface area (Å²) in [4.78, 5) is 11.7. The molecule has 0 unspecified atom stereocenters. The number of hydrogen-bond donors (Lipinski definition) is 2. The molecular weight excluding hydrogens is 254 g/mol. The van der Waals surface area contributed by atoms with Crippen LogP contribution in [0, 0.1) is 18.6 Å². The molecule has 0 aliphatic heterocycles. The van der Waals surface area contributed by atoms with Crippen molar-refractivity contribution in [3.05, 3.63) is 53.0 Å². The predicted octanol–water partition coefficient (Wildman–Crippen LogP) is 2.38. The average molecular weight is 266 g/mol. The van der Waals surface area contributed by atoms with E-state index in [-0.39, 0.29) is 12.1 Å². The zero-order chi connectivity index (χ0) is 14.0. The number of benzene rings is 1. The molecule has 0 aliphatic rings. The van der Waals surface area contributed by atoms with Crippen molar-refractivity contribution in [2.24, 2.45) is 0 Å². The highest BCUT2D eigenvalue weighted by Crippen LogP contribution is 2.17. The van der Waals surface area contributed by atoms with Crippen LogP contribution in [0.25, 0.3) is 0 Å². The van der Waals surface area contributed by atoms with Gasteiger partial charge in [-0.3, -0.25) is 4.79 Å². The van der Waals surface area contributed by atoms with Crippen molar-refractivity contribution in [3.8, 4) is 0 Å². The Kier molecular flexibility index (Phi) is 3.50. The third-order valence-corrected chi connectivity index (χ3v) is 2.56. The van der Waals surface area contributed by atoms with Crippen molar-refractivity contribution in [3.63, 3.8) is 0 Å². The number of nitrogens with two attached hydrogens (primary N) is 1. The number of aryl methyl sites for hydroxylation is 1. The van der Waals surface area contributed by atoms with Crippen LogP contribution < -0.4 is 11.1 Å². The highest BCUT2D eigenvalue weighted by atomic mass is 19.1. The van der Waals surface area contributed by atoms with Gasteiger partial charge < -0.3 is 15.5 Å². The van der Waals surface area contributed by atoms with E-state index in [1.807, 2.05) is 0 Å². The van der Waals surface area contributed by atoms with E-state index in [1.165, 1.54) is 0 Å². The summed E-state index contributed by atoms with van der Waals surface area (Å²) in [6.07, 6.45) is 0. The monoisotopic (exact) mass is 266 g/mol. The summed E-state index contributed by atoms with van der Waals surface area (Å²) in [6, 6.07) is 5.24. The molecule has 3 N–H and O–H groups in total. The first-order chi connectivity index (χ1) is 8.97. The van der Waals surface area contributed by atoms with E-state index in [1.54, 1.807) is 19.1 Å². The summed E-state index contributed by atoms with van der Waals surface area (Å²) in [6.45, 7) is 1.91. The Morgan fingerprint density at radius 1 is 1.32 bits per heavy atom. The first-order valence-electron chi connectivity index (χ1n) is 5.55. The molecule has 1 amide bonds. The molecule has 100 valence electrons. The maximum atomic E-state index is 13.2. The van der Waals surface area contributed by atoms with E-state index in [2.05, 4.69) is 5.32 Å². The normalized spacial score (nSPS) is 10.5. The van der Waals surface area contributed by atoms with Crippen molar-refractivity contribution in [1.29, 1.82) is 0 Å². The minimum Gasteiger partial charge on any atom is -0.465 e. The fraction of sp³-hybridized carbons (Fsp3) is 0.154. The Balaban J connectivity index is 2.08. The quantitative estimate of drug-likeness (QED) is 0.838. The SMILES string of the molecule is Cc1ccc(CNC(=O)c2cc(F)c(N)c(F)c2)o1. The number of furan rings is 1. The van der Waals surface area contributed by atoms with E-state index in [0.29, 0.717) is 11.5 Å². The number of nitrogens with one attached hydrogen (secondary N) is 1. The Hall–Kier alpha value is -2.37. The lowest BCUT2D eigenvalue weighted by molar-refractivity contribution is 0.0947. The summed E-state index contributed by atoms with van der Waals surface area (Å²) >= 11 is 0. The average Bonchev–Trinajstić information content (AvgIpc) is 2.78. The second-order valence-electron chi connectivity index (χ2n) is 4.05. The smallest absolute Gasteiger partial charge is 0.251 e. The summed E-state index contributed by atoms with van der Waals surface area (Å²) in [5.41, 5.74) is 4.39. The fourth-order valence-electron chi connectivity index (χ4n) is 1.56. The van der Waals surface area contributed by atoms with E-state index < -0.39 is 23.2 Å². The van der Waals surface area contributed by atoms with Crippen LogP contribution in [0.15, 0.2) is 28.7 Å². The standard InChI is InChI=1S/C13H12F2N2O2/c1-7-2-3-9(19-7)6-17-13(18)8-4-10(14)12(16)11(15)5-8/h2-5H,6,16H2,1H3,(H,17,18). The van der Waals surface area contributed by atoms with Gasteiger partial charge in [-0.05, 0) is 31.2 Å². The lowest BCUT2D eigenvalue weighted by Crippen LogP contribution is -2.23. The number of amides is 1. The van der Waals surface area contributed by atoms with Crippen molar-refractivity contribution in [2.75, 3.05) is 5.73 Å². The fourth-order valence-corrected chi connectivity index (χ4v) is 1.56. The van der Waals surface area contributed by atoms with Crippen molar-refractivity contribution in [1.82, 2.24) is 5.32 Å². The van der Waals surface area contributed by atoms with Crippen LogP contribution in [0.5, 0.6) is 0 Å². The van der Waals surface area contributed by atoms with Gasteiger partial charge in [-0.25, -0.2) is 8.78 Å². The van der Waals surface area contributed by atoms with Gasteiger partial charge in [-0.2, -0.15) is 0 Å². The highest BCUT2D eigenvalue weighted by Gasteiger charge is 2.13. The van der Waals surface area contributed by atoms with Gasteiger partial charge in [0, 0.05) is 5.56 Å². The topological polar surface area (TPSA) is 68.3 Å². The summed E-state index contributed by atoms with van der Waals surface area (Å²) in [5, 5.41) is 2.50. The Labute approximate surface area is 108 Å². The van der Waals surface area contributed by atoms with Crippen LogP contribution in [0.3, 0.4) is 0 Å². The van der Waals surface area contributed by atoms with Crippen LogP contribution >= 0.6 is 0 Å². The van der Waals surface area contributed by atoms with Gasteiger partial charge in [0.1, 0.15) is 28.8 Å². The molecule has 1 aromatic heterocycles. The number of anilines is 1. The molecule has 4 nitrogen and oxygen atoms in total. The number of hydrogen-bond acceptors (Lipinski definition) is 3. The maximum Gasteiger partial charge on any atom is 0.251 e. The Bertz CT molecular complexity index is 600. The van der Waals surface area contributed by atoms with Crippen LogP contribution in [0.4, 0.5) is 14.5 Å². The molecule has 19 heavy (non-hydrogen) atoms. The molecule has 6 heteroatoms. The van der Waals surface area contributed by atoms with Crippen molar-refractivity contribution < 1.29 is 18.0 Å². The molecule has 2 aromatic rings. The number of carbonyl (C=O) groups is 1. The number of carbonyl (C=O) groups excluding carboxylic acids is 1. The third-order valence-electron chi connectivity index (χ3n) is 2.56. The number of nitrogen functional groups attached to an aromatic ring is 1. The minimum atomic E-state index is -0.959. The third kappa shape index (κ3) is 2.90. The molecule has 0 radical (unpaired) electrons. The number of halogens is 2. The number of rotatable bonds is 3.